The number of hydrogen-bond acceptors (Lipinski definition) is 4. The maximum Gasteiger partial charge on any atom is 0.228 e. The minimum atomic E-state index is -0.00175. The van der Waals surface area contributed by atoms with Crippen LogP contribution in [0.3, 0.4) is 0 Å². The van der Waals surface area contributed by atoms with Crippen molar-refractivity contribution in [3.63, 3.8) is 0 Å². The fourth-order valence-corrected chi connectivity index (χ4v) is 3.74. The lowest BCUT2D eigenvalue weighted by Crippen LogP contribution is -2.38. The second-order valence-electron chi connectivity index (χ2n) is 8.07. The third kappa shape index (κ3) is 6.77. The Bertz CT molecular complexity index is 340. The fourth-order valence-electron chi connectivity index (χ4n) is 3.74. The highest BCUT2D eigenvalue weighted by atomic mass is 16.5. The molecule has 0 spiro atoms. The van der Waals surface area contributed by atoms with Crippen molar-refractivity contribution in [2.75, 3.05) is 68.1 Å². The van der Waals surface area contributed by atoms with Gasteiger partial charge < -0.3 is 19.4 Å². The van der Waals surface area contributed by atoms with E-state index in [1.165, 1.54) is 0 Å². The molecule has 1 unspecified atom stereocenters. The van der Waals surface area contributed by atoms with Gasteiger partial charge in [0.15, 0.2) is 0 Å². The van der Waals surface area contributed by atoms with Crippen LogP contribution in [0.5, 0.6) is 0 Å². The van der Waals surface area contributed by atoms with Gasteiger partial charge >= 0.3 is 0 Å². The minimum Gasteiger partial charge on any atom is -0.384 e. The molecule has 0 aromatic rings. The largest absolute Gasteiger partial charge is 0.384 e. The van der Waals surface area contributed by atoms with Crippen molar-refractivity contribution < 1.29 is 9.53 Å². The third-order valence-corrected chi connectivity index (χ3v) is 4.56. The number of amides is 1. The highest BCUT2D eigenvalue weighted by molar-refractivity contribution is 5.79. The van der Waals surface area contributed by atoms with E-state index in [0.29, 0.717) is 24.4 Å². The first kappa shape index (κ1) is 20.4. The minimum absolute atomic E-state index is 0.00175. The smallest absolute Gasteiger partial charge is 0.228 e. The van der Waals surface area contributed by atoms with Gasteiger partial charge in [-0.2, -0.15) is 0 Å². The summed E-state index contributed by atoms with van der Waals surface area (Å²) in [6.07, 6.45) is 0.903. The summed E-state index contributed by atoms with van der Waals surface area (Å²) < 4.78 is 5.30. The average Bonchev–Trinajstić information content (AvgIpc) is 2.78. The van der Waals surface area contributed by atoms with Crippen LogP contribution in [-0.4, -0.2) is 88.7 Å². The Morgan fingerprint density at radius 2 is 1.57 bits per heavy atom. The summed E-state index contributed by atoms with van der Waals surface area (Å²) in [6.45, 7) is 8.72. The molecule has 1 aliphatic heterocycles. The summed E-state index contributed by atoms with van der Waals surface area (Å²) in [4.78, 5) is 19.5. The molecule has 0 aromatic carbocycles. The molecule has 0 N–H and O–H groups in total. The van der Waals surface area contributed by atoms with Crippen LogP contribution >= 0.6 is 0 Å². The summed E-state index contributed by atoms with van der Waals surface area (Å²) in [7, 11) is 10.1. The third-order valence-electron chi connectivity index (χ3n) is 4.56. The van der Waals surface area contributed by atoms with Crippen LogP contribution in [0.4, 0.5) is 0 Å². The van der Waals surface area contributed by atoms with Crippen LogP contribution in [0.2, 0.25) is 0 Å². The van der Waals surface area contributed by atoms with Crippen molar-refractivity contribution in [3.8, 4) is 0 Å². The van der Waals surface area contributed by atoms with Crippen LogP contribution in [-0.2, 0) is 9.53 Å². The Kier molecular flexibility index (Phi) is 8.51. The molecule has 3 atom stereocenters. The molecular formula is C18H37N3O2. The number of likely N-dealkylation sites (tertiary alicyclic amines) is 1. The lowest BCUT2D eigenvalue weighted by Gasteiger charge is -2.24. The molecule has 5 nitrogen and oxygen atoms in total. The van der Waals surface area contributed by atoms with Gasteiger partial charge in [-0.05, 0) is 52.4 Å². The second kappa shape index (κ2) is 9.60. The summed E-state index contributed by atoms with van der Waals surface area (Å²) >= 11 is 0. The van der Waals surface area contributed by atoms with Gasteiger partial charge in [0, 0.05) is 33.3 Å². The molecule has 136 valence electrons. The van der Waals surface area contributed by atoms with Gasteiger partial charge in [-0.3, -0.25) is 4.79 Å². The molecule has 1 amide bonds. The Labute approximate surface area is 142 Å². The van der Waals surface area contributed by atoms with E-state index < -0.39 is 0 Å². The lowest BCUT2D eigenvalue weighted by molar-refractivity contribution is -0.137. The van der Waals surface area contributed by atoms with E-state index in [-0.39, 0.29) is 11.8 Å². The number of hydrogen-bond donors (Lipinski definition) is 0. The SMILES string of the molecule is COCC(CC(C)C)C(=O)N1C[C@@H](CN(C)C)[C@H](CN(C)C)C1. The summed E-state index contributed by atoms with van der Waals surface area (Å²) in [5.41, 5.74) is 0. The number of ether oxygens (including phenoxy) is 1. The van der Waals surface area contributed by atoms with Crippen molar-refractivity contribution >= 4 is 5.91 Å². The lowest BCUT2D eigenvalue weighted by atomic mass is 9.95. The van der Waals surface area contributed by atoms with Gasteiger partial charge in [0.05, 0.1) is 12.5 Å². The molecule has 0 bridgehead atoms. The number of methoxy groups -OCH3 is 1. The second-order valence-corrected chi connectivity index (χ2v) is 8.07. The number of carbonyl (C=O) groups is 1. The van der Waals surface area contributed by atoms with Crippen molar-refractivity contribution in [1.29, 1.82) is 0 Å². The first-order chi connectivity index (χ1) is 10.7. The van der Waals surface area contributed by atoms with E-state index in [1.807, 2.05) is 0 Å². The highest BCUT2D eigenvalue weighted by Gasteiger charge is 2.37. The molecule has 0 aromatic heterocycles. The zero-order valence-electron chi connectivity index (χ0n) is 16.2. The van der Waals surface area contributed by atoms with E-state index >= 15 is 0 Å². The first-order valence-electron chi connectivity index (χ1n) is 8.81. The molecule has 1 saturated heterocycles. The van der Waals surface area contributed by atoms with Crippen LogP contribution in [0.1, 0.15) is 20.3 Å². The van der Waals surface area contributed by atoms with Crippen LogP contribution in [0.25, 0.3) is 0 Å². The molecular weight excluding hydrogens is 290 g/mol. The maximum absolute atomic E-state index is 13.0. The predicted molar refractivity (Wildman–Crippen MR) is 95.5 cm³/mol. The van der Waals surface area contributed by atoms with E-state index in [0.717, 1.165) is 32.6 Å². The normalized spacial score (nSPS) is 23.3. The zero-order chi connectivity index (χ0) is 17.6. The van der Waals surface area contributed by atoms with Crippen LogP contribution in [0, 0.1) is 23.7 Å². The molecule has 0 radical (unpaired) electrons. The molecule has 0 aliphatic carbocycles. The zero-order valence-corrected chi connectivity index (χ0v) is 16.2. The Morgan fingerprint density at radius 3 is 1.91 bits per heavy atom. The van der Waals surface area contributed by atoms with Gasteiger partial charge in [0.25, 0.3) is 0 Å². The monoisotopic (exact) mass is 327 g/mol. The summed E-state index contributed by atoms with van der Waals surface area (Å²) in [5.74, 6) is 1.90. The average molecular weight is 328 g/mol. The van der Waals surface area contributed by atoms with Crippen molar-refractivity contribution in [1.82, 2.24) is 14.7 Å². The van der Waals surface area contributed by atoms with Gasteiger partial charge in [0.2, 0.25) is 5.91 Å². The van der Waals surface area contributed by atoms with Gasteiger partial charge in [0.1, 0.15) is 0 Å². The number of carbonyl (C=O) groups excluding carboxylic acids is 1. The highest BCUT2D eigenvalue weighted by Crippen LogP contribution is 2.27. The number of rotatable bonds is 9. The van der Waals surface area contributed by atoms with E-state index in [2.05, 4.69) is 56.7 Å². The molecule has 1 heterocycles. The Hall–Kier alpha value is -0.650. The molecule has 5 heteroatoms. The number of nitrogens with zero attached hydrogens (tertiary/aromatic N) is 3. The van der Waals surface area contributed by atoms with Gasteiger partial charge in [-0.15, -0.1) is 0 Å². The molecule has 0 saturated carbocycles. The van der Waals surface area contributed by atoms with Crippen molar-refractivity contribution in [2.45, 2.75) is 20.3 Å². The van der Waals surface area contributed by atoms with Crippen LogP contribution < -0.4 is 0 Å². The topological polar surface area (TPSA) is 36.0 Å². The van der Waals surface area contributed by atoms with E-state index in [1.54, 1.807) is 7.11 Å². The summed E-state index contributed by atoms with van der Waals surface area (Å²) in [6, 6.07) is 0. The van der Waals surface area contributed by atoms with E-state index in [4.69, 9.17) is 4.74 Å². The quantitative estimate of drug-likeness (QED) is 0.643. The molecule has 1 aliphatic rings. The van der Waals surface area contributed by atoms with E-state index in [9.17, 15) is 4.79 Å². The maximum atomic E-state index is 13.0. The van der Waals surface area contributed by atoms with Crippen molar-refractivity contribution in [2.24, 2.45) is 23.7 Å². The predicted octanol–water partition coefficient (Wildman–Crippen LogP) is 1.49. The first-order valence-corrected chi connectivity index (χ1v) is 8.81. The molecule has 1 fully saturated rings. The van der Waals surface area contributed by atoms with Crippen molar-refractivity contribution in [3.05, 3.63) is 0 Å². The molecule has 23 heavy (non-hydrogen) atoms. The standard InChI is InChI=1S/C18H37N3O2/c1-14(2)8-15(13-23-7)18(22)21-11-16(9-19(3)4)17(12-21)10-20(5)6/h14-17H,8-13H2,1-7H3/t15?,16-,17-/m1/s1. The Balaban J connectivity index is 2.75. The Morgan fingerprint density at radius 1 is 1.09 bits per heavy atom. The fraction of sp³-hybridized carbons (Fsp3) is 0.944. The summed E-state index contributed by atoms with van der Waals surface area (Å²) in [5, 5.41) is 0. The molecule has 1 rings (SSSR count). The van der Waals surface area contributed by atoms with Gasteiger partial charge in [-0.1, -0.05) is 13.8 Å². The van der Waals surface area contributed by atoms with Gasteiger partial charge in [-0.25, -0.2) is 0 Å². The van der Waals surface area contributed by atoms with Crippen LogP contribution in [0.15, 0.2) is 0 Å².